The standard InChI is InChI=1S/C22H17FN4O2/c23-16-11-5-7-13-18(16)25-22(29)27-20-21(28)24-17-12-6-4-10-15(17)19(26-20)14-8-2-1-3-9-14/h1-13,20H,(H,24,28)(H2,25,27,29). The topological polar surface area (TPSA) is 82.6 Å². The molecule has 29 heavy (non-hydrogen) atoms. The van der Waals surface area contributed by atoms with Crippen LogP contribution in [0.1, 0.15) is 11.1 Å². The lowest BCUT2D eigenvalue weighted by atomic mass is 10.0. The normalized spacial score (nSPS) is 15.4. The Hall–Kier alpha value is -4.00. The molecule has 3 aromatic rings. The number of aliphatic imine (C=N–C) groups is 1. The molecule has 3 N–H and O–H groups in total. The summed E-state index contributed by atoms with van der Waals surface area (Å²) in [6.45, 7) is 0. The van der Waals surface area contributed by atoms with Crippen molar-refractivity contribution < 1.29 is 14.0 Å². The van der Waals surface area contributed by atoms with E-state index < -0.39 is 23.9 Å². The molecule has 1 heterocycles. The first-order valence-electron chi connectivity index (χ1n) is 8.97. The van der Waals surface area contributed by atoms with Crippen LogP contribution in [-0.4, -0.2) is 23.8 Å². The fraction of sp³-hybridized carbons (Fsp3) is 0.0455. The Labute approximate surface area is 166 Å². The first kappa shape index (κ1) is 18.4. The van der Waals surface area contributed by atoms with E-state index in [1.807, 2.05) is 42.5 Å². The van der Waals surface area contributed by atoms with Crippen LogP contribution in [-0.2, 0) is 4.79 Å². The van der Waals surface area contributed by atoms with Gasteiger partial charge in [0.05, 0.1) is 17.1 Å². The summed E-state index contributed by atoms with van der Waals surface area (Å²) in [5.74, 6) is -1.07. The van der Waals surface area contributed by atoms with Crippen molar-refractivity contribution in [3.8, 4) is 0 Å². The highest BCUT2D eigenvalue weighted by Gasteiger charge is 2.27. The Morgan fingerprint density at radius 3 is 2.41 bits per heavy atom. The molecule has 144 valence electrons. The number of fused-ring (bicyclic) bond motifs is 1. The predicted octanol–water partition coefficient (Wildman–Crippen LogP) is 3.76. The number of hydrogen-bond donors (Lipinski definition) is 3. The number of nitrogens with zero attached hydrogens (tertiary/aromatic N) is 1. The third-order valence-corrected chi connectivity index (χ3v) is 4.38. The average molecular weight is 388 g/mol. The summed E-state index contributed by atoms with van der Waals surface area (Å²) in [7, 11) is 0. The first-order chi connectivity index (χ1) is 14.1. The van der Waals surface area contributed by atoms with Crippen LogP contribution >= 0.6 is 0 Å². The smallest absolute Gasteiger partial charge is 0.321 e. The van der Waals surface area contributed by atoms with E-state index >= 15 is 0 Å². The van der Waals surface area contributed by atoms with Crippen LogP contribution in [0, 0.1) is 5.82 Å². The lowest BCUT2D eigenvalue weighted by Gasteiger charge is -2.14. The third kappa shape index (κ3) is 3.98. The Balaban J connectivity index is 1.66. The second-order valence-electron chi connectivity index (χ2n) is 6.36. The van der Waals surface area contributed by atoms with E-state index in [9.17, 15) is 14.0 Å². The number of amides is 3. The number of carbonyl (C=O) groups excluding carboxylic acids is 2. The molecule has 1 unspecified atom stereocenters. The summed E-state index contributed by atoms with van der Waals surface area (Å²) >= 11 is 0. The van der Waals surface area contributed by atoms with E-state index in [1.54, 1.807) is 18.2 Å². The summed E-state index contributed by atoms with van der Waals surface area (Å²) in [5.41, 5.74) is 2.72. The molecule has 1 aliphatic rings. The minimum atomic E-state index is -1.19. The van der Waals surface area contributed by atoms with Gasteiger partial charge in [-0.1, -0.05) is 60.7 Å². The van der Waals surface area contributed by atoms with Crippen molar-refractivity contribution in [1.82, 2.24) is 5.32 Å². The second-order valence-corrected chi connectivity index (χ2v) is 6.36. The number of benzene rings is 3. The Morgan fingerprint density at radius 2 is 1.62 bits per heavy atom. The molecule has 0 aromatic heterocycles. The van der Waals surface area contributed by atoms with E-state index in [0.717, 1.165) is 11.1 Å². The Bertz CT molecular complexity index is 1100. The Morgan fingerprint density at radius 1 is 0.931 bits per heavy atom. The van der Waals surface area contributed by atoms with Gasteiger partial charge in [0.25, 0.3) is 5.91 Å². The lowest BCUT2D eigenvalue weighted by molar-refractivity contribution is -0.117. The van der Waals surface area contributed by atoms with Crippen molar-refractivity contribution in [2.45, 2.75) is 6.17 Å². The second kappa shape index (κ2) is 7.93. The fourth-order valence-electron chi connectivity index (χ4n) is 3.03. The van der Waals surface area contributed by atoms with Crippen molar-refractivity contribution in [2.24, 2.45) is 4.99 Å². The van der Waals surface area contributed by atoms with Gasteiger partial charge in [0.2, 0.25) is 6.17 Å². The highest BCUT2D eigenvalue weighted by molar-refractivity contribution is 6.19. The molecule has 4 rings (SSSR count). The predicted molar refractivity (Wildman–Crippen MR) is 109 cm³/mol. The van der Waals surface area contributed by atoms with Crippen molar-refractivity contribution in [3.05, 3.63) is 95.8 Å². The summed E-state index contributed by atoms with van der Waals surface area (Å²) in [6.07, 6.45) is -1.19. The zero-order valence-electron chi connectivity index (χ0n) is 15.2. The molecule has 1 atom stereocenters. The summed E-state index contributed by atoms with van der Waals surface area (Å²) in [5, 5.41) is 7.69. The zero-order chi connectivity index (χ0) is 20.2. The van der Waals surface area contributed by atoms with Gasteiger partial charge < -0.3 is 16.0 Å². The number of carbonyl (C=O) groups is 2. The van der Waals surface area contributed by atoms with Gasteiger partial charge in [0.1, 0.15) is 5.82 Å². The lowest BCUT2D eigenvalue weighted by Crippen LogP contribution is -2.44. The minimum absolute atomic E-state index is 0.00887. The number of nitrogens with one attached hydrogen (secondary N) is 3. The van der Waals surface area contributed by atoms with Crippen LogP contribution in [0.5, 0.6) is 0 Å². The van der Waals surface area contributed by atoms with Crippen LogP contribution in [0.4, 0.5) is 20.6 Å². The van der Waals surface area contributed by atoms with Crippen molar-refractivity contribution in [1.29, 1.82) is 0 Å². The number of hydrogen-bond acceptors (Lipinski definition) is 3. The fourth-order valence-corrected chi connectivity index (χ4v) is 3.03. The minimum Gasteiger partial charge on any atom is -0.322 e. The van der Waals surface area contributed by atoms with Crippen molar-refractivity contribution >= 4 is 29.0 Å². The zero-order valence-corrected chi connectivity index (χ0v) is 15.2. The number of benzodiazepines with no additional fused rings is 1. The number of rotatable bonds is 3. The van der Waals surface area contributed by atoms with E-state index in [2.05, 4.69) is 20.9 Å². The van der Waals surface area contributed by atoms with Gasteiger partial charge in [-0.15, -0.1) is 0 Å². The molecule has 7 heteroatoms. The van der Waals surface area contributed by atoms with Gasteiger partial charge in [-0.3, -0.25) is 4.79 Å². The number of para-hydroxylation sites is 2. The summed E-state index contributed by atoms with van der Waals surface area (Å²) in [6, 6.07) is 21.7. The molecule has 0 aliphatic carbocycles. The maximum Gasteiger partial charge on any atom is 0.321 e. The number of halogens is 1. The number of anilines is 2. The third-order valence-electron chi connectivity index (χ3n) is 4.38. The van der Waals surface area contributed by atoms with Crippen LogP contribution < -0.4 is 16.0 Å². The van der Waals surface area contributed by atoms with Crippen LogP contribution in [0.15, 0.2) is 83.9 Å². The molecule has 6 nitrogen and oxygen atoms in total. The molecule has 3 amide bonds. The molecule has 0 bridgehead atoms. The molecule has 1 aliphatic heterocycles. The van der Waals surface area contributed by atoms with E-state index in [4.69, 9.17) is 0 Å². The molecule has 0 saturated carbocycles. The SMILES string of the molecule is O=C(Nc1ccccc1F)NC1N=C(c2ccccc2)c2ccccc2NC1=O. The van der Waals surface area contributed by atoms with E-state index in [-0.39, 0.29) is 5.69 Å². The van der Waals surface area contributed by atoms with Gasteiger partial charge in [-0.05, 0) is 18.2 Å². The maximum absolute atomic E-state index is 13.8. The van der Waals surface area contributed by atoms with Crippen molar-refractivity contribution in [3.63, 3.8) is 0 Å². The van der Waals surface area contributed by atoms with Crippen LogP contribution in [0.3, 0.4) is 0 Å². The van der Waals surface area contributed by atoms with Gasteiger partial charge in [-0.2, -0.15) is 0 Å². The molecule has 0 radical (unpaired) electrons. The van der Waals surface area contributed by atoms with Crippen LogP contribution in [0.2, 0.25) is 0 Å². The maximum atomic E-state index is 13.8. The van der Waals surface area contributed by atoms with Crippen LogP contribution in [0.25, 0.3) is 0 Å². The Kier molecular flexibility index (Phi) is 5.03. The highest BCUT2D eigenvalue weighted by Crippen LogP contribution is 2.23. The van der Waals surface area contributed by atoms with Gasteiger partial charge in [-0.25, -0.2) is 14.2 Å². The van der Waals surface area contributed by atoms with Crippen molar-refractivity contribution in [2.75, 3.05) is 10.6 Å². The highest BCUT2D eigenvalue weighted by atomic mass is 19.1. The van der Waals surface area contributed by atoms with Gasteiger partial charge >= 0.3 is 6.03 Å². The summed E-state index contributed by atoms with van der Waals surface area (Å²) < 4.78 is 13.8. The molecule has 0 saturated heterocycles. The molecule has 3 aromatic carbocycles. The first-order valence-corrected chi connectivity index (χ1v) is 8.97. The number of urea groups is 1. The van der Waals surface area contributed by atoms with Gasteiger partial charge in [0, 0.05) is 11.1 Å². The largest absolute Gasteiger partial charge is 0.322 e. The molecule has 0 fully saturated rings. The van der Waals surface area contributed by atoms with E-state index in [1.165, 1.54) is 18.2 Å². The summed E-state index contributed by atoms with van der Waals surface area (Å²) in [4.78, 5) is 29.6. The molecule has 0 spiro atoms. The monoisotopic (exact) mass is 388 g/mol. The molecular formula is C22H17FN4O2. The van der Waals surface area contributed by atoms with E-state index in [0.29, 0.717) is 11.4 Å². The molecular weight excluding hydrogens is 371 g/mol. The quantitative estimate of drug-likeness (QED) is 0.638. The average Bonchev–Trinajstić information content (AvgIpc) is 2.87. The van der Waals surface area contributed by atoms with Gasteiger partial charge in [0.15, 0.2) is 0 Å².